The number of nitrogens with one attached hydrogen (secondary N) is 2. The van der Waals surface area contributed by atoms with Gasteiger partial charge >= 0.3 is 5.97 Å². The number of ether oxygens (including phenoxy) is 1. The summed E-state index contributed by atoms with van der Waals surface area (Å²) in [6.45, 7) is 1.96. The maximum atomic E-state index is 11.9. The van der Waals surface area contributed by atoms with E-state index in [1.54, 1.807) is 37.3 Å². The summed E-state index contributed by atoms with van der Waals surface area (Å²) in [7, 11) is -4.12. The van der Waals surface area contributed by atoms with Crippen molar-refractivity contribution in [3.05, 3.63) is 64.7 Å². The van der Waals surface area contributed by atoms with Gasteiger partial charge in [-0.2, -0.15) is 13.1 Å². The molecule has 0 saturated heterocycles. The van der Waals surface area contributed by atoms with Crippen LogP contribution in [0.1, 0.15) is 46.8 Å². The minimum absolute atomic E-state index is 0.0462. The van der Waals surface area contributed by atoms with Crippen molar-refractivity contribution in [1.82, 2.24) is 9.61 Å². The molecule has 2 aromatic rings. The van der Waals surface area contributed by atoms with E-state index in [-0.39, 0.29) is 25.4 Å². The highest BCUT2D eigenvalue weighted by Gasteiger charge is 2.24. The molecule has 0 radical (unpaired) electrons. The minimum atomic E-state index is -4.12. The largest absolute Gasteiger partial charge is 0.489 e. The summed E-state index contributed by atoms with van der Waals surface area (Å²) in [6, 6.07) is 11.1. The molecule has 0 aliphatic heterocycles. The number of rotatable bonds is 12. The summed E-state index contributed by atoms with van der Waals surface area (Å²) in [5.74, 6) is -0.617. The van der Waals surface area contributed by atoms with Gasteiger partial charge in [0.25, 0.3) is 10.2 Å². The molecule has 2 aliphatic rings. The maximum absolute atomic E-state index is 11.9. The summed E-state index contributed by atoms with van der Waals surface area (Å²) >= 11 is 0. The molecule has 0 aromatic heterocycles. The molecule has 3 N–H and O–H groups in total. The van der Waals surface area contributed by atoms with E-state index in [4.69, 9.17) is 14.7 Å². The molecule has 4 rings (SSSR count). The molecule has 1 atom stereocenters. The van der Waals surface area contributed by atoms with Crippen LogP contribution in [0, 0.1) is 0 Å². The van der Waals surface area contributed by atoms with Crippen LogP contribution in [0.2, 0.25) is 0 Å². The molecule has 10 heteroatoms. The molecule has 1 unspecified atom stereocenters. The predicted molar refractivity (Wildman–Crippen MR) is 107 cm³/mol. The molecule has 9 nitrogen and oxygen atoms in total. The fraction of sp³-hybridized carbons (Fsp3) is 0.300. The molecule has 30 heavy (non-hydrogen) atoms. The first-order valence-electron chi connectivity index (χ1n) is 9.32. The van der Waals surface area contributed by atoms with E-state index in [0.717, 1.165) is 5.56 Å². The topological polar surface area (TPSA) is 131 Å². The lowest BCUT2D eigenvalue weighted by molar-refractivity contribution is -0.139. The zero-order valence-electron chi connectivity index (χ0n) is 16.3. The van der Waals surface area contributed by atoms with Crippen molar-refractivity contribution >= 4 is 22.0 Å². The van der Waals surface area contributed by atoms with E-state index >= 15 is 0 Å². The van der Waals surface area contributed by atoms with Crippen LogP contribution in [-0.2, 0) is 33.1 Å². The zero-order valence-corrected chi connectivity index (χ0v) is 17.1. The van der Waals surface area contributed by atoms with Gasteiger partial charge in [-0.25, -0.2) is 0 Å². The van der Waals surface area contributed by atoms with Gasteiger partial charge in [-0.1, -0.05) is 42.5 Å². The van der Waals surface area contributed by atoms with Crippen molar-refractivity contribution in [1.29, 1.82) is 0 Å². The van der Waals surface area contributed by atoms with Crippen molar-refractivity contribution in [2.75, 3.05) is 0 Å². The Morgan fingerprint density at radius 3 is 2.47 bits per heavy atom. The average Bonchev–Trinajstić information content (AvgIpc) is 2.72. The smallest absolute Gasteiger partial charge is 0.321 e. The van der Waals surface area contributed by atoms with Gasteiger partial charge in [-0.3, -0.25) is 14.4 Å². The van der Waals surface area contributed by atoms with Crippen molar-refractivity contribution in [3.8, 4) is 5.75 Å². The molecule has 2 aromatic carbocycles. The van der Waals surface area contributed by atoms with E-state index in [1.807, 2.05) is 21.7 Å². The Bertz CT molecular complexity index is 1030. The molecule has 0 amide bonds. The number of hydrogen-bond acceptors (Lipinski definition) is 6. The maximum Gasteiger partial charge on any atom is 0.321 e. The highest BCUT2D eigenvalue weighted by molar-refractivity contribution is 7.87. The van der Waals surface area contributed by atoms with Crippen LogP contribution in [-0.4, -0.2) is 31.3 Å². The van der Waals surface area contributed by atoms with Gasteiger partial charge in [0, 0.05) is 16.7 Å². The average molecular weight is 434 g/mol. The van der Waals surface area contributed by atoms with E-state index in [2.05, 4.69) is 0 Å². The number of fused-ring (bicyclic) bond motifs is 2. The van der Waals surface area contributed by atoms with Gasteiger partial charge in [0.05, 0.1) is 6.61 Å². The van der Waals surface area contributed by atoms with Crippen LogP contribution in [0.4, 0.5) is 0 Å². The second kappa shape index (κ2) is 9.35. The van der Waals surface area contributed by atoms with Crippen molar-refractivity contribution in [3.63, 3.8) is 0 Å². The first-order valence-corrected chi connectivity index (χ1v) is 10.8. The lowest BCUT2D eigenvalue weighted by Crippen LogP contribution is -2.46. The van der Waals surface area contributed by atoms with E-state index < -0.39 is 22.2 Å². The SMILES string of the molecule is CCCC(NS(=O)(=O)NOCc1ccc(OCc2ccc3cc2C3=O)cc1)C(=O)O. The number of carbonyl (C=O) groups is 2. The number of benzene rings is 2. The first kappa shape index (κ1) is 21.9. The number of carboxylic acid groups (broad SMARTS) is 1. The van der Waals surface area contributed by atoms with Crippen LogP contribution < -0.4 is 14.3 Å². The number of hydrogen-bond donors (Lipinski definition) is 3. The second-order valence-electron chi connectivity index (χ2n) is 6.81. The second-order valence-corrected chi connectivity index (χ2v) is 8.22. The van der Waals surface area contributed by atoms with Crippen LogP contribution in [0.25, 0.3) is 0 Å². The Hall–Kier alpha value is -2.79. The molecule has 0 fully saturated rings. The summed E-state index contributed by atoms with van der Waals surface area (Å²) in [6.07, 6.45) is 0.676. The van der Waals surface area contributed by atoms with Crippen molar-refractivity contribution in [2.24, 2.45) is 0 Å². The van der Waals surface area contributed by atoms with Crippen molar-refractivity contribution < 1.29 is 32.7 Å². The van der Waals surface area contributed by atoms with Crippen LogP contribution in [0.15, 0.2) is 42.5 Å². The molecule has 2 bridgehead atoms. The molecular formula is C20H22N2O7S. The van der Waals surface area contributed by atoms with Gasteiger partial charge in [-0.05, 0) is 30.2 Å². The van der Waals surface area contributed by atoms with E-state index in [0.29, 0.717) is 28.9 Å². The van der Waals surface area contributed by atoms with Gasteiger partial charge in [0.15, 0.2) is 5.78 Å². The Balaban J connectivity index is 1.45. The molecular weight excluding hydrogens is 412 g/mol. The fourth-order valence-corrected chi connectivity index (χ4v) is 3.75. The number of carboxylic acids is 1. The Morgan fingerprint density at radius 1 is 1.13 bits per heavy atom. The summed E-state index contributed by atoms with van der Waals surface area (Å²) < 4.78 is 31.5. The Kier molecular flexibility index (Phi) is 6.83. The molecule has 2 aliphatic carbocycles. The molecule has 160 valence electrons. The molecule has 0 saturated carbocycles. The number of ketones is 1. The van der Waals surface area contributed by atoms with E-state index in [1.165, 1.54) is 0 Å². The normalized spacial score (nSPS) is 13.6. The summed E-state index contributed by atoms with van der Waals surface area (Å²) in [4.78, 5) is 29.6. The predicted octanol–water partition coefficient (Wildman–Crippen LogP) is 1.92. The lowest BCUT2D eigenvalue weighted by atomic mass is 9.87. The van der Waals surface area contributed by atoms with Crippen LogP contribution >= 0.6 is 0 Å². The van der Waals surface area contributed by atoms with Gasteiger partial charge < -0.3 is 9.84 Å². The summed E-state index contributed by atoms with van der Waals surface area (Å²) in [5.41, 5.74) is 2.90. The third kappa shape index (κ3) is 5.42. The number of carbonyl (C=O) groups excluding carboxylic acids is 1. The number of aliphatic carboxylic acids is 1. The Morgan fingerprint density at radius 2 is 1.87 bits per heavy atom. The fourth-order valence-electron chi connectivity index (χ4n) is 2.90. The van der Waals surface area contributed by atoms with Gasteiger partial charge in [-0.15, -0.1) is 0 Å². The van der Waals surface area contributed by atoms with Crippen LogP contribution in [0.3, 0.4) is 0 Å². The van der Waals surface area contributed by atoms with Crippen LogP contribution in [0.5, 0.6) is 5.75 Å². The minimum Gasteiger partial charge on any atom is -0.489 e. The quantitative estimate of drug-likeness (QED) is 0.371. The molecule has 0 heterocycles. The highest BCUT2D eigenvalue weighted by Crippen LogP contribution is 2.26. The monoisotopic (exact) mass is 434 g/mol. The first-order chi connectivity index (χ1) is 14.3. The summed E-state index contributed by atoms with van der Waals surface area (Å²) in [5, 5.41) is 9.02. The van der Waals surface area contributed by atoms with Gasteiger partial charge in [0.2, 0.25) is 0 Å². The third-order valence-electron chi connectivity index (χ3n) is 4.51. The highest BCUT2D eigenvalue weighted by atomic mass is 32.2. The zero-order chi connectivity index (χ0) is 21.7. The standard InChI is InChI=1S/C20H22N2O7S/c1-2-3-18(20(24)25)21-30(26,27)22-29-11-13-4-8-16(9-5-13)28-12-15-7-6-14-10-17(15)19(14)23/h4-10,18,21-22H,2-3,11-12H2,1H3,(H,24,25). The van der Waals surface area contributed by atoms with Crippen molar-refractivity contribution in [2.45, 2.75) is 39.0 Å². The Labute approximate surface area is 174 Å². The van der Waals surface area contributed by atoms with E-state index in [9.17, 15) is 18.0 Å². The lowest BCUT2D eigenvalue weighted by Gasteiger charge is -2.18. The van der Waals surface area contributed by atoms with Gasteiger partial charge in [0.1, 0.15) is 18.4 Å². The molecule has 0 spiro atoms. The third-order valence-corrected chi connectivity index (χ3v) is 5.45.